The van der Waals surface area contributed by atoms with Gasteiger partial charge in [0.2, 0.25) is 0 Å². The second-order valence-electron chi connectivity index (χ2n) is 6.94. The Balaban J connectivity index is 1.53. The van der Waals surface area contributed by atoms with E-state index < -0.39 is 0 Å². The van der Waals surface area contributed by atoms with Gasteiger partial charge in [0.1, 0.15) is 0 Å². The standard InChI is InChI=1S/C16H30N2/c1-2-16(9-4-5-10-16)13-17-14-8-12-18-11-6-3-7-15(14)18/h14-15,17H,2-13H2,1H3. The van der Waals surface area contributed by atoms with Crippen molar-refractivity contribution in [2.45, 2.75) is 76.8 Å². The molecule has 2 nitrogen and oxygen atoms in total. The number of hydrogen-bond acceptors (Lipinski definition) is 2. The third kappa shape index (κ3) is 2.46. The molecule has 104 valence electrons. The monoisotopic (exact) mass is 250 g/mol. The van der Waals surface area contributed by atoms with E-state index in [9.17, 15) is 0 Å². The fourth-order valence-electron chi connectivity index (χ4n) is 4.61. The van der Waals surface area contributed by atoms with Crippen molar-refractivity contribution in [2.75, 3.05) is 19.6 Å². The Kier molecular flexibility index (Phi) is 3.95. The second kappa shape index (κ2) is 5.50. The molecule has 3 fully saturated rings. The molecule has 1 N–H and O–H groups in total. The number of rotatable bonds is 4. The van der Waals surface area contributed by atoms with E-state index in [4.69, 9.17) is 0 Å². The molecule has 2 unspecified atom stereocenters. The van der Waals surface area contributed by atoms with Crippen LogP contribution in [-0.4, -0.2) is 36.6 Å². The highest BCUT2D eigenvalue weighted by Gasteiger charge is 2.38. The van der Waals surface area contributed by atoms with Crippen molar-refractivity contribution in [3.63, 3.8) is 0 Å². The minimum Gasteiger partial charge on any atom is -0.312 e. The molecule has 2 aliphatic heterocycles. The van der Waals surface area contributed by atoms with E-state index in [2.05, 4.69) is 17.1 Å². The first-order chi connectivity index (χ1) is 8.83. The maximum absolute atomic E-state index is 3.97. The molecule has 3 rings (SSSR count). The summed E-state index contributed by atoms with van der Waals surface area (Å²) < 4.78 is 0. The molecule has 0 radical (unpaired) electrons. The van der Waals surface area contributed by atoms with Crippen molar-refractivity contribution < 1.29 is 0 Å². The molecule has 1 saturated carbocycles. The van der Waals surface area contributed by atoms with Crippen LogP contribution in [0.5, 0.6) is 0 Å². The van der Waals surface area contributed by atoms with Gasteiger partial charge in [0, 0.05) is 25.2 Å². The fraction of sp³-hybridized carbons (Fsp3) is 1.00. The largest absolute Gasteiger partial charge is 0.312 e. The molecule has 0 amide bonds. The van der Waals surface area contributed by atoms with Crippen LogP contribution < -0.4 is 5.32 Å². The highest BCUT2D eigenvalue weighted by atomic mass is 15.2. The average molecular weight is 250 g/mol. The molecule has 3 aliphatic rings. The van der Waals surface area contributed by atoms with Gasteiger partial charge in [-0.1, -0.05) is 26.2 Å². The zero-order valence-corrected chi connectivity index (χ0v) is 12.1. The highest BCUT2D eigenvalue weighted by Crippen LogP contribution is 2.40. The Hall–Kier alpha value is -0.0800. The lowest BCUT2D eigenvalue weighted by atomic mass is 9.83. The highest BCUT2D eigenvalue weighted by molar-refractivity contribution is 4.96. The van der Waals surface area contributed by atoms with E-state index in [1.54, 1.807) is 0 Å². The predicted octanol–water partition coefficient (Wildman–Crippen LogP) is 3.17. The van der Waals surface area contributed by atoms with Crippen LogP contribution in [0.2, 0.25) is 0 Å². The Morgan fingerprint density at radius 1 is 1.06 bits per heavy atom. The van der Waals surface area contributed by atoms with Crippen LogP contribution in [0.15, 0.2) is 0 Å². The van der Waals surface area contributed by atoms with Gasteiger partial charge in [-0.3, -0.25) is 4.90 Å². The molecule has 2 heteroatoms. The molecule has 2 saturated heterocycles. The van der Waals surface area contributed by atoms with E-state index in [0.29, 0.717) is 5.41 Å². The number of piperidine rings is 1. The van der Waals surface area contributed by atoms with E-state index in [1.165, 1.54) is 77.4 Å². The van der Waals surface area contributed by atoms with Gasteiger partial charge in [-0.2, -0.15) is 0 Å². The van der Waals surface area contributed by atoms with Crippen molar-refractivity contribution in [3.05, 3.63) is 0 Å². The summed E-state index contributed by atoms with van der Waals surface area (Å²) >= 11 is 0. The van der Waals surface area contributed by atoms with E-state index in [0.717, 1.165) is 12.1 Å². The van der Waals surface area contributed by atoms with Crippen LogP contribution >= 0.6 is 0 Å². The first kappa shape index (κ1) is 12.9. The third-order valence-corrected chi connectivity index (χ3v) is 6.01. The quantitative estimate of drug-likeness (QED) is 0.824. The summed E-state index contributed by atoms with van der Waals surface area (Å²) in [4.78, 5) is 2.74. The smallest absolute Gasteiger partial charge is 0.0249 e. The summed E-state index contributed by atoms with van der Waals surface area (Å²) in [6.45, 7) is 6.40. The molecule has 0 aromatic carbocycles. The van der Waals surface area contributed by atoms with Gasteiger partial charge in [-0.15, -0.1) is 0 Å². The molecule has 0 aromatic heterocycles. The van der Waals surface area contributed by atoms with E-state index >= 15 is 0 Å². The van der Waals surface area contributed by atoms with Gasteiger partial charge < -0.3 is 5.32 Å². The summed E-state index contributed by atoms with van der Waals surface area (Å²) in [6, 6.07) is 1.67. The Labute approximate surface area is 113 Å². The minimum atomic E-state index is 0.655. The van der Waals surface area contributed by atoms with E-state index in [1.807, 2.05) is 0 Å². The summed E-state index contributed by atoms with van der Waals surface area (Å²) in [5.74, 6) is 0. The van der Waals surface area contributed by atoms with Crippen LogP contribution in [0.3, 0.4) is 0 Å². The lowest BCUT2D eigenvalue weighted by molar-refractivity contribution is 0.170. The fourth-order valence-corrected chi connectivity index (χ4v) is 4.61. The van der Waals surface area contributed by atoms with Crippen molar-refractivity contribution in [3.8, 4) is 0 Å². The van der Waals surface area contributed by atoms with Crippen LogP contribution in [-0.2, 0) is 0 Å². The molecular weight excluding hydrogens is 220 g/mol. The zero-order chi connectivity index (χ0) is 12.4. The molecule has 0 spiro atoms. The average Bonchev–Trinajstić information content (AvgIpc) is 3.04. The number of fused-ring (bicyclic) bond motifs is 1. The van der Waals surface area contributed by atoms with Crippen LogP contribution in [0.4, 0.5) is 0 Å². The molecule has 1 aliphatic carbocycles. The van der Waals surface area contributed by atoms with Crippen LogP contribution in [0.1, 0.15) is 64.7 Å². The molecule has 2 atom stereocenters. The topological polar surface area (TPSA) is 15.3 Å². The van der Waals surface area contributed by atoms with Gasteiger partial charge in [0.25, 0.3) is 0 Å². The SMILES string of the molecule is CCC1(CNC2CCN3CCCCC23)CCCC1. The van der Waals surface area contributed by atoms with Crippen molar-refractivity contribution in [2.24, 2.45) is 5.41 Å². The second-order valence-corrected chi connectivity index (χ2v) is 6.94. The van der Waals surface area contributed by atoms with Crippen molar-refractivity contribution in [1.82, 2.24) is 10.2 Å². The normalized spacial score (nSPS) is 35.8. The van der Waals surface area contributed by atoms with Gasteiger partial charge in [0.15, 0.2) is 0 Å². The van der Waals surface area contributed by atoms with Gasteiger partial charge in [0.05, 0.1) is 0 Å². The molecule has 2 heterocycles. The Morgan fingerprint density at radius 2 is 1.89 bits per heavy atom. The van der Waals surface area contributed by atoms with Crippen LogP contribution in [0, 0.1) is 5.41 Å². The Morgan fingerprint density at radius 3 is 2.67 bits per heavy atom. The zero-order valence-electron chi connectivity index (χ0n) is 12.1. The summed E-state index contributed by atoms with van der Waals surface area (Å²) in [5.41, 5.74) is 0.655. The van der Waals surface area contributed by atoms with E-state index in [-0.39, 0.29) is 0 Å². The number of nitrogens with one attached hydrogen (secondary N) is 1. The van der Waals surface area contributed by atoms with Gasteiger partial charge >= 0.3 is 0 Å². The summed E-state index contributed by atoms with van der Waals surface area (Å²) in [6.07, 6.45) is 13.0. The Bertz CT molecular complexity index is 270. The molecule has 18 heavy (non-hydrogen) atoms. The predicted molar refractivity (Wildman–Crippen MR) is 76.8 cm³/mol. The van der Waals surface area contributed by atoms with Crippen molar-refractivity contribution in [1.29, 1.82) is 0 Å². The van der Waals surface area contributed by atoms with Crippen molar-refractivity contribution >= 4 is 0 Å². The van der Waals surface area contributed by atoms with Gasteiger partial charge in [-0.05, 0) is 50.5 Å². The minimum absolute atomic E-state index is 0.655. The summed E-state index contributed by atoms with van der Waals surface area (Å²) in [7, 11) is 0. The number of hydrogen-bond donors (Lipinski definition) is 1. The molecular formula is C16H30N2. The maximum atomic E-state index is 3.97. The lowest BCUT2D eigenvalue weighted by Gasteiger charge is -2.35. The molecule has 0 aromatic rings. The lowest BCUT2D eigenvalue weighted by Crippen LogP contribution is -2.47. The van der Waals surface area contributed by atoms with Gasteiger partial charge in [-0.25, -0.2) is 0 Å². The summed E-state index contributed by atoms with van der Waals surface area (Å²) in [5, 5.41) is 3.97. The first-order valence-corrected chi connectivity index (χ1v) is 8.30. The molecule has 0 bridgehead atoms. The number of nitrogens with zero attached hydrogens (tertiary/aromatic N) is 1. The maximum Gasteiger partial charge on any atom is 0.0249 e. The first-order valence-electron chi connectivity index (χ1n) is 8.30. The third-order valence-electron chi connectivity index (χ3n) is 6.01. The van der Waals surface area contributed by atoms with Crippen LogP contribution in [0.25, 0.3) is 0 Å².